The van der Waals surface area contributed by atoms with Crippen LogP contribution in [0.4, 0.5) is 0 Å². The predicted molar refractivity (Wildman–Crippen MR) is 166 cm³/mol. The molecule has 1 aromatic rings. The van der Waals surface area contributed by atoms with Crippen LogP contribution in [-0.4, -0.2) is 127 Å². The molecule has 20 nitrogen and oxygen atoms in total. The Morgan fingerprint density at radius 1 is 0.625 bits per heavy atom. The van der Waals surface area contributed by atoms with Gasteiger partial charge in [0.1, 0.15) is 48.8 Å². The SMILES string of the molecule is N[C@@H](CCC(=O)N[C@H](CSc1c(O)ccc(O)c1SC[C@@H](NC(=O)CC[C@H](N)C(=O)O)C(=O)NCC(=O)O)C(=O)NCC(=O)O)C(=O)O. The predicted octanol–water partition coefficient (Wildman–Crippen LogP) is -2.96. The molecule has 0 radical (unpaired) electrons. The standard InChI is InChI=1S/C26H36N6O14S2/c27-11(25(43)44)1-5-17(35)31-13(23(41)29-7-19(37)38)9-47-21-15(33)3-4-16(34)22(21)48-10-14(24(42)30-8-20(39)40)32-18(36)6-2-12(28)26(45)46/h3-4,11-14,33-34H,1-2,5-10,27-28H2,(H,29,41)(H,30,42)(H,31,35)(H,32,36)(H,37,38)(H,39,40)(H,43,44)(H,45,46)/t11-,12-,13+,14+/m0/s1. The van der Waals surface area contributed by atoms with Crippen LogP contribution in [0.3, 0.4) is 0 Å². The Morgan fingerprint density at radius 2 is 0.958 bits per heavy atom. The van der Waals surface area contributed by atoms with E-state index in [1.54, 1.807) is 0 Å². The number of hydrogen-bond donors (Lipinski definition) is 12. The third kappa shape index (κ3) is 15.2. The van der Waals surface area contributed by atoms with E-state index in [1.165, 1.54) is 0 Å². The summed E-state index contributed by atoms with van der Waals surface area (Å²) in [6, 6.07) is -3.41. The van der Waals surface area contributed by atoms with Crippen LogP contribution in [0.5, 0.6) is 11.5 Å². The molecule has 1 rings (SSSR count). The summed E-state index contributed by atoms with van der Waals surface area (Å²) >= 11 is 1.45. The number of phenolic OH excluding ortho intramolecular Hbond substituents is 2. The van der Waals surface area contributed by atoms with Crippen LogP contribution in [0.2, 0.25) is 0 Å². The van der Waals surface area contributed by atoms with Gasteiger partial charge in [-0.1, -0.05) is 0 Å². The zero-order valence-electron chi connectivity index (χ0n) is 25.0. The van der Waals surface area contributed by atoms with Crippen molar-refractivity contribution in [1.29, 1.82) is 0 Å². The van der Waals surface area contributed by atoms with Crippen molar-refractivity contribution in [3.05, 3.63) is 12.1 Å². The summed E-state index contributed by atoms with van der Waals surface area (Å²) in [7, 11) is 0. The van der Waals surface area contributed by atoms with Gasteiger partial charge < -0.3 is 63.4 Å². The number of aliphatic carboxylic acids is 4. The van der Waals surface area contributed by atoms with Gasteiger partial charge in [0, 0.05) is 24.3 Å². The van der Waals surface area contributed by atoms with E-state index in [-0.39, 0.29) is 34.1 Å². The summed E-state index contributed by atoms with van der Waals surface area (Å²) in [6.07, 6.45) is -1.37. The molecule has 0 bridgehead atoms. The Balaban J connectivity index is 3.21. The van der Waals surface area contributed by atoms with Gasteiger partial charge in [-0.05, 0) is 25.0 Å². The highest BCUT2D eigenvalue weighted by atomic mass is 32.2. The number of phenols is 2. The van der Waals surface area contributed by atoms with Gasteiger partial charge in [-0.3, -0.25) is 38.4 Å². The molecular formula is C26H36N6O14S2. The number of nitrogens with two attached hydrogens (primary N) is 2. The van der Waals surface area contributed by atoms with Gasteiger partial charge in [-0.25, -0.2) is 0 Å². The largest absolute Gasteiger partial charge is 0.507 e. The Hall–Kier alpha value is -4.80. The second kappa shape index (κ2) is 20.4. The topological polar surface area (TPSA) is 358 Å². The number of hydrogen-bond acceptors (Lipinski definition) is 14. The number of thioether (sulfide) groups is 2. The Kier molecular flexibility index (Phi) is 17.6. The van der Waals surface area contributed by atoms with E-state index < -0.39 is 109 Å². The first kappa shape index (κ1) is 41.2. The zero-order chi connectivity index (χ0) is 36.6. The average molecular weight is 721 g/mol. The summed E-state index contributed by atoms with van der Waals surface area (Å²) in [5, 5.41) is 65.7. The molecule has 0 saturated heterocycles. The van der Waals surface area contributed by atoms with Gasteiger partial charge >= 0.3 is 23.9 Å². The minimum absolute atomic E-state index is 0.0679. The van der Waals surface area contributed by atoms with Gasteiger partial charge in [0.2, 0.25) is 23.6 Å². The van der Waals surface area contributed by atoms with Crippen LogP contribution in [-0.2, 0) is 38.4 Å². The quantitative estimate of drug-likeness (QED) is 0.0420. The Morgan fingerprint density at radius 3 is 1.25 bits per heavy atom. The zero-order valence-corrected chi connectivity index (χ0v) is 26.7. The maximum atomic E-state index is 12.7. The molecule has 0 aliphatic heterocycles. The molecular weight excluding hydrogens is 684 g/mol. The van der Waals surface area contributed by atoms with E-state index in [9.17, 15) is 48.6 Å². The van der Waals surface area contributed by atoms with Crippen molar-refractivity contribution in [3.63, 3.8) is 0 Å². The number of aromatic hydroxyl groups is 2. The highest BCUT2D eigenvalue weighted by Gasteiger charge is 2.27. The number of nitrogens with one attached hydrogen (secondary N) is 4. The number of carbonyl (C=O) groups is 8. The van der Waals surface area contributed by atoms with Crippen LogP contribution in [0.1, 0.15) is 25.7 Å². The molecule has 4 amide bonds. The van der Waals surface area contributed by atoms with Crippen molar-refractivity contribution in [2.24, 2.45) is 11.5 Å². The number of benzene rings is 1. The maximum absolute atomic E-state index is 12.7. The fourth-order valence-corrected chi connectivity index (χ4v) is 5.84. The lowest BCUT2D eigenvalue weighted by Crippen LogP contribution is -2.49. The van der Waals surface area contributed by atoms with Crippen molar-refractivity contribution >= 4 is 71.0 Å². The minimum Gasteiger partial charge on any atom is -0.507 e. The summed E-state index contributed by atoms with van der Waals surface area (Å²) in [6.45, 7) is -1.62. The van der Waals surface area contributed by atoms with Crippen LogP contribution < -0.4 is 32.7 Å². The molecule has 1 aromatic carbocycles. The first-order chi connectivity index (χ1) is 22.4. The van der Waals surface area contributed by atoms with Crippen molar-refractivity contribution < 1.29 is 69.0 Å². The smallest absolute Gasteiger partial charge is 0.322 e. The first-order valence-corrected chi connectivity index (χ1v) is 15.7. The van der Waals surface area contributed by atoms with Crippen LogP contribution in [0, 0.1) is 0 Å². The van der Waals surface area contributed by atoms with E-state index >= 15 is 0 Å². The fourth-order valence-electron chi connectivity index (χ4n) is 3.44. The summed E-state index contributed by atoms with van der Waals surface area (Å²) < 4.78 is 0. The van der Waals surface area contributed by atoms with Gasteiger partial charge in [-0.15, -0.1) is 23.5 Å². The lowest BCUT2D eigenvalue weighted by molar-refractivity contribution is -0.140. The fraction of sp³-hybridized carbons (Fsp3) is 0.462. The highest BCUT2D eigenvalue weighted by molar-refractivity contribution is 8.02. The van der Waals surface area contributed by atoms with Gasteiger partial charge in [0.25, 0.3) is 0 Å². The lowest BCUT2D eigenvalue weighted by atomic mass is 10.1. The molecule has 4 atom stereocenters. The molecule has 0 aliphatic rings. The highest BCUT2D eigenvalue weighted by Crippen LogP contribution is 2.43. The van der Waals surface area contributed by atoms with E-state index in [2.05, 4.69) is 21.3 Å². The minimum atomic E-state index is -1.44. The second-order valence-electron chi connectivity index (χ2n) is 9.81. The van der Waals surface area contributed by atoms with Crippen molar-refractivity contribution in [1.82, 2.24) is 21.3 Å². The van der Waals surface area contributed by atoms with E-state index in [1.807, 2.05) is 0 Å². The number of carboxylic acid groups (broad SMARTS) is 4. The van der Waals surface area contributed by atoms with Crippen LogP contribution in [0.25, 0.3) is 0 Å². The number of carboxylic acids is 4. The molecule has 266 valence electrons. The second-order valence-corrected chi connectivity index (χ2v) is 11.9. The number of amides is 4. The third-order valence-corrected chi connectivity index (χ3v) is 8.52. The Labute approximate surface area is 280 Å². The third-order valence-electron chi connectivity index (χ3n) is 5.99. The van der Waals surface area contributed by atoms with E-state index in [0.717, 1.165) is 35.7 Å². The van der Waals surface area contributed by atoms with E-state index in [4.69, 9.17) is 31.9 Å². The molecule has 0 aromatic heterocycles. The van der Waals surface area contributed by atoms with E-state index in [0.29, 0.717) is 0 Å². The molecule has 0 aliphatic carbocycles. The summed E-state index contributed by atoms with van der Waals surface area (Å²) in [5.74, 6) is -10.6. The average Bonchev–Trinajstić information content (AvgIpc) is 3.01. The lowest BCUT2D eigenvalue weighted by Gasteiger charge is -2.21. The van der Waals surface area contributed by atoms with Crippen molar-refractivity contribution in [3.8, 4) is 11.5 Å². The monoisotopic (exact) mass is 720 g/mol. The molecule has 0 unspecified atom stereocenters. The molecule has 0 saturated carbocycles. The first-order valence-electron chi connectivity index (χ1n) is 13.8. The van der Waals surface area contributed by atoms with Gasteiger partial charge in [0.15, 0.2) is 0 Å². The maximum Gasteiger partial charge on any atom is 0.322 e. The Bertz CT molecular complexity index is 1280. The summed E-state index contributed by atoms with van der Waals surface area (Å²) in [4.78, 5) is 94.0. The molecule has 48 heavy (non-hydrogen) atoms. The normalized spacial score (nSPS) is 13.2. The summed E-state index contributed by atoms with van der Waals surface area (Å²) in [5.41, 5.74) is 10.8. The van der Waals surface area contributed by atoms with Crippen molar-refractivity contribution in [2.75, 3.05) is 24.6 Å². The molecule has 22 heteroatoms. The van der Waals surface area contributed by atoms with Gasteiger partial charge in [0.05, 0.1) is 9.79 Å². The molecule has 0 spiro atoms. The number of carbonyl (C=O) groups excluding carboxylic acids is 4. The van der Waals surface area contributed by atoms with Crippen LogP contribution >= 0.6 is 23.5 Å². The van der Waals surface area contributed by atoms with Crippen LogP contribution in [0.15, 0.2) is 21.9 Å². The number of rotatable bonds is 22. The molecule has 14 N–H and O–H groups in total. The van der Waals surface area contributed by atoms with Crippen molar-refractivity contribution in [2.45, 2.75) is 59.6 Å². The van der Waals surface area contributed by atoms with Gasteiger partial charge in [-0.2, -0.15) is 0 Å². The molecule has 0 heterocycles. The molecule has 0 fully saturated rings.